The van der Waals surface area contributed by atoms with Gasteiger partial charge in [0.2, 0.25) is 0 Å². The largest absolute Gasteiger partial charge is 0.353 e. The van der Waals surface area contributed by atoms with E-state index in [0.29, 0.717) is 15.7 Å². The molecule has 0 amide bonds. The molecule has 2 rings (SSSR count). The van der Waals surface area contributed by atoms with Crippen molar-refractivity contribution in [3.63, 3.8) is 0 Å². The van der Waals surface area contributed by atoms with Crippen LogP contribution >= 0.6 is 15.9 Å². The summed E-state index contributed by atoms with van der Waals surface area (Å²) in [6, 6.07) is 6.76. The van der Waals surface area contributed by atoms with Crippen molar-refractivity contribution in [1.82, 2.24) is 4.98 Å². The van der Waals surface area contributed by atoms with E-state index >= 15 is 0 Å². The lowest BCUT2D eigenvalue weighted by atomic mass is 10.1. The lowest BCUT2D eigenvalue weighted by molar-refractivity contribution is 0.620. The number of anilines is 2. The van der Waals surface area contributed by atoms with Crippen LogP contribution in [-0.4, -0.2) is 4.98 Å². The van der Waals surface area contributed by atoms with E-state index in [1.807, 2.05) is 0 Å². The fourth-order valence-corrected chi connectivity index (χ4v) is 1.86. The van der Waals surface area contributed by atoms with E-state index in [-0.39, 0.29) is 5.82 Å². The van der Waals surface area contributed by atoms with E-state index in [2.05, 4.69) is 32.3 Å². The normalized spacial score (nSPS) is 9.89. The highest BCUT2D eigenvalue weighted by atomic mass is 79.9. The maximum atomic E-state index is 13.3. The summed E-state index contributed by atoms with van der Waals surface area (Å²) in [5.41, 5.74) is 2.57. The van der Waals surface area contributed by atoms with Gasteiger partial charge in [-0.2, -0.15) is 5.26 Å². The average Bonchev–Trinajstić information content (AvgIpc) is 2.36. The van der Waals surface area contributed by atoms with Crippen LogP contribution in [0.1, 0.15) is 11.1 Å². The number of hydrogen-bond donors (Lipinski definition) is 1. The van der Waals surface area contributed by atoms with Crippen molar-refractivity contribution < 1.29 is 4.39 Å². The fourth-order valence-electron chi connectivity index (χ4n) is 1.52. The van der Waals surface area contributed by atoms with Crippen LogP contribution in [-0.2, 0) is 0 Å². The maximum absolute atomic E-state index is 13.3. The molecule has 3 nitrogen and oxygen atoms in total. The summed E-state index contributed by atoms with van der Waals surface area (Å²) in [5, 5.41) is 12.1. The molecule has 0 aliphatic heterocycles. The van der Waals surface area contributed by atoms with Crippen LogP contribution in [0.5, 0.6) is 0 Å². The molecule has 0 bridgehead atoms. The van der Waals surface area contributed by atoms with Gasteiger partial charge in [-0.25, -0.2) is 4.39 Å². The monoisotopic (exact) mass is 305 g/mol. The highest BCUT2D eigenvalue weighted by molar-refractivity contribution is 9.10. The van der Waals surface area contributed by atoms with E-state index in [1.165, 1.54) is 6.07 Å². The predicted molar refractivity (Wildman–Crippen MR) is 71.1 cm³/mol. The molecule has 0 fully saturated rings. The van der Waals surface area contributed by atoms with Gasteiger partial charge in [-0.15, -0.1) is 0 Å². The second kappa shape index (κ2) is 5.15. The number of rotatable bonds is 2. The molecule has 0 atom stereocenters. The molecule has 1 N–H and O–H groups in total. The molecular weight excluding hydrogens is 297 g/mol. The number of nitriles is 1. The Bertz CT molecular complexity index is 635. The molecule has 0 saturated heterocycles. The van der Waals surface area contributed by atoms with Crippen molar-refractivity contribution in [2.45, 2.75) is 6.92 Å². The Morgan fingerprint density at radius 3 is 2.89 bits per heavy atom. The third-order valence-corrected chi connectivity index (χ3v) is 3.09. The first kappa shape index (κ1) is 12.5. The van der Waals surface area contributed by atoms with Gasteiger partial charge in [-0.1, -0.05) is 0 Å². The zero-order valence-corrected chi connectivity index (χ0v) is 11.1. The molecule has 2 aromatic rings. The lowest BCUT2D eigenvalue weighted by Crippen LogP contribution is -1.97. The number of nitrogens with zero attached hydrogens (tertiary/aromatic N) is 2. The Balaban J connectivity index is 2.41. The SMILES string of the molecule is Cc1cc(F)c(Br)cc1Nc1cnccc1C#N. The molecule has 1 aromatic heterocycles. The minimum Gasteiger partial charge on any atom is -0.353 e. The third-order valence-electron chi connectivity index (χ3n) is 2.48. The molecule has 1 heterocycles. The molecule has 0 spiro atoms. The molecular formula is C13H9BrFN3. The molecule has 0 radical (unpaired) electrons. The van der Waals surface area contributed by atoms with Crippen LogP contribution in [0.15, 0.2) is 35.1 Å². The van der Waals surface area contributed by atoms with Gasteiger partial charge in [0.15, 0.2) is 0 Å². The fraction of sp³-hybridized carbons (Fsp3) is 0.0769. The van der Waals surface area contributed by atoms with Gasteiger partial charge in [0.05, 0.1) is 21.9 Å². The van der Waals surface area contributed by atoms with E-state index < -0.39 is 0 Å². The Morgan fingerprint density at radius 1 is 1.39 bits per heavy atom. The van der Waals surface area contributed by atoms with Crippen LogP contribution in [0.2, 0.25) is 0 Å². The Labute approximate surface area is 112 Å². The molecule has 0 unspecified atom stereocenters. The smallest absolute Gasteiger partial charge is 0.137 e. The van der Waals surface area contributed by atoms with Gasteiger partial charge in [0, 0.05) is 11.9 Å². The zero-order chi connectivity index (χ0) is 13.1. The Kier molecular flexibility index (Phi) is 3.58. The Hall–Kier alpha value is -1.93. The maximum Gasteiger partial charge on any atom is 0.137 e. The summed E-state index contributed by atoms with van der Waals surface area (Å²) in [6.07, 6.45) is 3.12. The highest BCUT2D eigenvalue weighted by Crippen LogP contribution is 2.27. The molecule has 0 aliphatic carbocycles. The standard InChI is InChI=1S/C13H9BrFN3/c1-8-4-11(15)10(14)5-12(8)18-13-7-17-3-2-9(13)6-16/h2-5,7,18H,1H3. The molecule has 18 heavy (non-hydrogen) atoms. The first-order valence-corrected chi connectivity index (χ1v) is 5.98. The number of pyridine rings is 1. The van der Waals surface area contributed by atoms with Crippen molar-refractivity contribution in [2.24, 2.45) is 0 Å². The van der Waals surface area contributed by atoms with E-state index in [0.717, 1.165) is 11.3 Å². The van der Waals surface area contributed by atoms with Gasteiger partial charge in [-0.3, -0.25) is 4.98 Å². The van der Waals surface area contributed by atoms with Crippen LogP contribution in [0.25, 0.3) is 0 Å². The molecule has 0 saturated carbocycles. The summed E-state index contributed by atoms with van der Waals surface area (Å²) in [6.45, 7) is 1.79. The number of aromatic nitrogens is 1. The first-order valence-electron chi connectivity index (χ1n) is 5.18. The van der Waals surface area contributed by atoms with E-state index in [9.17, 15) is 4.39 Å². The highest BCUT2D eigenvalue weighted by Gasteiger charge is 2.07. The summed E-state index contributed by atoms with van der Waals surface area (Å²) < 4.78 is 13.7. The number of benzene rings is 1. The quantitative estimate of drug-likeness (QED) is 0.915. The summed E-state index contributed by atoms with van der Waals surface area (Å²) in [7, 11) is 0. The second-order valence-corrected chi connectivity index (χ2v) is 4.59. The predicted octanol–water partition coefficient (Wildman–Crippen LogP) is 3.91. The van der Waals surface area contributed by atoms with Crippen LogP contribution < -0.4 is 5.32 Å². The molecule has 5 heteroatoms. The zero-order valence-electron chi connectivity index (χ0n) is 9.54. The molecule has 1 aromatic carbocycles. The molecule has 0 aliphatic rings. The van der Waals surface area contributed by atoms with Gasteiger partial charge >= 0.3 is 0 Å². The van der Waals surface area contributed by atoms with Gasteiger partial charge < -0.3 is 5.32 Å². The number of nitrogens with one attached hydrogen (secondary N) is 1. The van der Waals surface area contributed by atoms with Crippen LogP contribution in [0.4, 0.5) is 15.8 Å². The van der Waals surface area contributed by atoms with Crippen molar-refractivity contribution >= 4 is 27.3 Å². The van der Waals surface area contributed by atoms with Gasteiger partial charge in [-0.05, 0) is 46.6 Å². The van der Waals surface area contributed by atoms with Crippen molar-refractivity contribution in [3.8, 4) is 6.07 Å². The van der Waals surface area contributed by atoms with Crippen LogP contribution in [0.3, 0.4) is 0 Å². The average molecular weight is 306 g/mol. The minimum absolute atomic E-state index is 0.315. The summed E-state index contributed by atoms with van der Waals surface area (Å²) >= 11 is 3.13. The minimum atomic E-state index is -0.315. The van der Waals surface area contributed by atoms with E-state index in [1.54, 1.807) is 31.5 Å². The van der Waals surface area contributed by atoms with Crippen molar-refractivity contribution in [3.05, 3.63) is 52.0 Å². The number of aryl methyl sites for hydroxylation is 1. The van der Waals surface area contributed by atoms with Gasteiger partial charge in [0.25, 0.3) is 0 Å². The topological polar surface area (TPSA) is 48.7 Å². The lowest BCUT2D eigenvalue weighted by Gasteiger charge is -2.11. The number of halogens is 2. The van der Waals surface area contributed by atoms with E-state index in [4.69, 9.17) is 5.26 Å². The van der Waals surface area contributed by atoms with Crippen molar-refractivity contribution in [2.75, 3.05) is 5.32 Å². The second-order valence-electron chi connectivity index (χ2n) is 3.74. The van der Waals surface area contributed by atoms with Gasteiger partial charge in [0.1, 0.15) is 11.9 Å². The summed E-state index contributed by atoms with van der Waals surface area (Å²) in [5.74, 6) is -0.315. The van der Waals surface area contributed by atoms with Crippen LogP contribution in [0, 0.1) is 24.1 Å². The van der Waals surface area contributed by atoms with Crippen molar-refractivity contribution in [1.29, 1.82) is 5.26 Å². The number of hydrogen-bond acceptors (Lipinski definition) is 3. The Morgan fingerprint density at radius 2 is 2.17 bits per heavy atom. The summed E-state index contributed by atoms with van der Waals surface area (Å²) in [4.78, 5) is 3.96. The first-order chi connectivity index (χ1) is 8.61. The third kappa shape index (κ3) is 2.49. The molecule has 90 valence electrons.